The van der Waals surface area contributed by atoms with Crippen molar-refractivity contribution in [2.75, 3.05) is 19.0 Å². The van der Waals surface area contributed by atoms with Crippen LogP contribution in [0.15, 0.2) is 42.5 Å². The lowest BCUT2D eigenvalue weighted by molar-refractivity contribution is -0.116. The SMILES string of the molecule is COC(=O)c1ccc(NC(=O)CCCOc2ccc(C(C)(C)C)cc2)c(O)c1. The lowest BCUT2D eigenvalue weighted by Crippen LogP contribution is -2.13. The summed E-state index contributed by atoms with van der Waals surface area (Å²) >= 11 is 0. The molecule has 0 heterocycles. The number of hydrogen-bond acceptors (Lipinski definition) is 5. The van der Waals surface area contributed by atoms with E-state index in [9.17, 15) is 14.7 Å². The first-order chi connectivity index (χ1) is 13.2. The maximum absolute atomic E-state index is 12.0. The lowest BCUT2D eigenvalue weighted by atomic mass is 9.87. The second-order valence-corrected chi connectivity index (χ2v) is 7.50. The fraction of sp³-hybridized carbons (Fsp3) is 0.364. The largest absolute Gasteiger partial charge is 0.506 e. The van der Waals surface area contributed by atoms with Gasteiger partial charge in [0.2, 0.25) is 5.91 Å². The van der Waals surface area contributed by atoms with Crippen LogP contribution in [0.3, 0.4) is 0 Å². The summed E-state index contributed by atoms with van der Waals surface area (Å²) in [4.78, 5) is 23.5. The third-order valence-corrected chi connectivity index (χ3v) is 4.23. The van der Waals surface area contributed by atoms with Crippen LogP contribution >= 0.6 is 0 Å². The normalized spacial score (nSPS) is 11.0. The average molecular weight is 385 g/mol. The minimum Gasteiger partial charge on any atom is -0.506 e. The molecular weight excluding hydrogens is 358 g/mol. The quantitative estimate of drug-likeness (QED) is 0.422. The van der Waals surface area contributed by atoms with Crippen LogP contribution in [-0.4, -0.2) is 30.7 Å². The number of hydrogen-bond donors (Lipinski definition) is 2. The van der Waals surface area contributed by atoms with Gasteiger partial charge in [0.1, 0.15) is 11.5 Å². The summed E-state index contributed by atoms with van der Waals surface area (Å²) in [5.41, 5.74) is 1.79. The van der Waals surface area contributed by atoms with Crippen LogP contribution in [0.5, 0.6) is 11.5 Å². The zero-order valence-corrected chi connectivity index (χ0v) is 16.7. The highest BCUT2D eigenvalue weighted by atomic mass is 16.5. The maximum Gasteiger partial charge on any atom is 0.337 e. The molecule has 0 aliphatic rings. The Kier molecular flexibility index (Phi) is 7.04. The predicted molar refractivity (Wildman–Crippen MR) is 108 cm³/mol. The van der Waals surface area contributed by atoms with Gasteiger partial charge in [-0.3, -0.25) is 4.79 Å². The summed E-state index contributed by atoms with van der Waals surface area (Å²) in [6.07, 6.45) is 0.784. The number of esters is 1. The van der Waals surface area contributed by atoms with Crippen LogP contribution in [0.25, 0.3) is 0 Å². The first kappa shape index (κ1) is 21.3. The third kappa shape index (κ3) is 6.01. The topological polar surface area (TPSA) is 84.9 Å². The fourth-order valence-electron chi connectivity index (χ4n) is 2.57. The molecular formula is C22H27NO5. The van der Waals surface area contributed by atoms with Gasteiger partial charge in [0.05, 0.1) is 25.0 Å². The Balaban J connectivity index is 1.78. The number of aromatic hydroxyl groups is 1. The Morgan fingerprint density at radius 1 is 1.07 bits per heavy atom. The van der Waals surface area contributed by atoms with Crippen LogP contribution < -0.4 is 10.1 Å². The molecule has 0 spiro atoms. The number of nitrogens with one attached hydrogen (secondary N) is 1. The number of phenolic OH excluding ortho intramolecular Hbond substituents is 1. The summed E-state index contributed by atoms with van der Waals surface area (Å²) in [5.74, 6) is -0.218. The number of ether oxygens (including phenoxy) is 2. The summed E-state index contributed by atoms with van der Waals surface area (Å²) in [5, 5.41) is 12.6. The number of phenols is 1. The molecule has 0 saturated heterocycles. The molecule has 0 aliphatic heterocycles. The van der Waals surface area contributed by atoms with Crippen molar-refractivity contribution in [3.8, 4) is 11.5 Å². The highest BCUT2D eigenvalue weighted by Crippen LogP contribution is 2.25. The van der Waals surface area contributed by atoms with Crippen molar-refractivity contribution in [2.45, 2.75) is 39.0 Å². The molecule has 0 unspecified atom stereocenters. The summed E-state index contributed by atoms with van der Waals surface area (Å²) < 4.78 is 10.3. The van der Waals surface area contributed by atoms with Gasteiger partial charge in [-0.1, -0.05) is 32.9 Å². The smallest absolute Gasteiger partial charge is 0.337 e. The van der Waals surface area contributed by atoms with E-state index in [1.165, 1.54) is 30.9 Å². The Labute approximate surface area is 165 Å². The molecule has 0 fully saturated rings. The minimum atomic E-state index is -0.555. The molecule has 6 heteroatoms. The van der Waals surface area contributed by atoms with Crippen molar-refractivity contribution >= 4 is 17.6 Å². The van der Waals surface area contributed by atoms with Crippen molar-refractivity contribution in [1.82, 2.24) is 0 Å². The van der Waals surface area contributed by atoms with E-state index in [4.69, 9.17) is 4.74 Å². The van der Waals surface area contributed by atoms with E-state index in [1.54, 1.807) is 0 Å². The second kappa shape index (κ2) is 9.26. The molecule has 2 aromatic rings. The van der Waals surface area contributed by atoms with Gasteiger partial charge < -0.3 is 19.9 Å². The van der Waals surface area contributed by atoms with E-state index >= 15 is 0 Å². The molecule has 0 saturated carbocycles. The number of rotatable bonds is 7. The fourth-order valence-corrected chi connectivity index (χ4v) is 2.57. The van der Waals surface area contributed by atoms with Gasteiger partial charge in [0.25, 0.3) is 0 Å². The van der Waals surface area contributed by atoms with Gasteiger partial charge in [-0.25, -0.2) is 4.79 Å². The number of carbonyl (C=O) groups is 2. The van der Waals surface area contributed by atoms with E-state index in [0.717, 1.165) is 5.75 Å². The Hall–Kier alpha value is -3.02. The van der Waals surface area contributed by atoms with Crippen molar-refractivity contribution in [3.05, 3.63) is 53.6 Å². The second-order valence-electron chi connectivity index (χ2n) is 7.50. The van der Waals surface area contributed by atoms with Gasteiger partial charge in [-0.15, -0.1) is 0 Å². The Morgan fingerprint density at radius 2 is 1.75 bits per heavy atom. The number of carbonyl (C=O) groups excluding carboxylic acids is 2. The van der Waals surface area contributed by atoms with Crippen LogP contribution in [0.4, 0.5) is 5.69 Å². The van der Waals surface area contributed by atoms with Crippen LogP contribution in [0.1, 0.15) is 49.5 Å². The summed E-state index contributed by atoms with van der Waals surface area (Å²) in [6, 6.07) is 12.2. The monoisotopic (exact) mass is 385 g/mol. The molecule has 1 amide bonds. The van der Waals surface area contributed by atoms with Gasteiger partial charge in [-0.05, 0) is 47.7 Å². The van der Waals surface area contributed by atoms with Crippen molar-refractivity contribution in [1.29, 1.82) is 0 Å². The number of amides is 1. The predicted octanol–water partition coefficient (Wildman–Crippen LogP) is 4.27. The molecule has 28 heavy (non-hydrogen) atoms. The lowest BCUT2D eigenvalue weighted by Gasteiger charge is -2.19. The molecule has 0 radical (unpaired) electrons. The standard InChI is InChI=1S/C22H27NO5/c1-22(2,3)16-8-10-17(11-9-16)28-13-5-6-20(25)23-18-12-7-15(14-19(18)24)21(26)27-4/h7-12,14,24H,5-6,13H2,1-4H3,(H,23,25). The van der Waals surface area contributed by atoms with E-state index in [-0.39, 0.29) is 34.7 Å². The van der Waals surface area contributed by atoms with Gasteiger partial charge in [0, 0.05) is 6.42 Å². The van der Waals surface area contributed by atoms with Gasteiger partial charge in [0.15, 0.2) is 0 Å². The van der Waals surface area contributed by atoms with E-state index in [1.807, 2.05) is 24.3 Å². The highest BCUT2D eigenvalue weighted by Gasteiger charge is 2.13. The highest BCUT2D eigenvalue weighted by molar-refractivity contribution is 5.94. The molecule has 0 aromatic heterocycles. The molecule has 6 nitrogen and oxygen atoms in total. The van der Waals surface area contributed by atoms with Gasteiger partial charge in [-0.2, -0.15) is 0 Å². The zero-order valence-electron chi connectivity index (χ0n) is 16.7. The zero-order chi connectivity index (χ0) is 20.7. The molecule has 2 aromatic carbocycles. The number of methoxy groups -OCH3 is 1. The Morgan fingerprint density at radius 3 is 2.32 bits per heavy atom. The molecule has 150 valence electrons. The summed E-state index contributed by atoms with van der Waals surface area (Å²) in [7, 11) is 1.26. The van der Waals surface area contributed by atoms with Crippen LogP contribution in [0.2, 0.25) is 0 Å². The number of benzene rings is 2. The Bertz CT molecular complexity index is 822. The average Bonchev–Trinajstić information content (AvgIpc) is 2.66. The molecule has 0 aliphatic carbocycles. The van der Waals surface area contributed by atoms with E-state index < -0.39 is 5.97 Å². The van der Waals surface area contributed by atoms with Gasteiger partial charge >= 0.3 is 5.97 Å². The maximum atomic E-state index is 12.0. The molecule has 2 N–H and O–H groups in total. The van der Waals surface area contributed by atoms with E-state index in [0.29, 0.717) is 13.0 Å². The molecule has 0 bridgehead atoms. The molecule has 2 rings (SSSR count). The third-order valence-electron chi connectivity index (χ3n) is 4.23. The van der Waals surface area contributed by atoms with Crippen molar-refractivity contribution in [3.63, 3.8) is 0 Å². The first-order valence-corrected chi connectivity index (χ1v) is 9.15. The van der Waals surface area contributed by atoms with Crippen molar-refractivity contribution in [2.24, 2.45) is 0 Å². The van der Waals surface area contributed by atoms with Crippen LogP contribution in [-0.2, 0) is 14.9 Å². The van der Waals surface area contributed by atoms with E-state index in [2.05, 4.69) is 30.8 Å². The van der Waals surface area contributed by atoms with Crippen molar-refractivity contribution < 1.29 is 24.2 Å². The minimum absolute atomic E-state index is 0.0945. The molecule has 0 atom stereocenters. The summed E-state index contributed by atoms with van der Waals surface area (Å²) in [6.45, 7) is 6.88. The van der Waals surface area contributed by atoms with Crippen LogP contribution in [0, 0.1) is 0 Å². The first-order valence-electron chi connectivity index (χ1n) is 9.15. The number of anilines is 1.